The van der Waals surface area contributed by atoms with E-state index in [1.165, 1.54) is 41.6 Å². The molecule has 2 heterocycles. The number of aromatic nitrogens is 4. The van der Waals surface area contributed by atoms with Crippen molar-refractivity contribution in [2.45, 2.75) is 44.7 Å². The lowest BCUT2D eigenvalue weighted by Crippen LogP contribution is -2.40. The number of aryl methyl sites for hydroxylation is 2. The van der Waals surface area contributed by atoms with Crippen molar-refractivity contribution in [2.75, 3.05) is 27.4 Å². The van der Waals surface area contributed by atoms with Gasteiger partial charge in [-0.3, -0.25) is 13.9 Å². The summed E-state index contributed by atoms with van der Waals surface area (Å²) < 4.78 is 43.1. The summed E-state index contributed by atoms with van der Waals surface area (Å²) in [7, 11) is 0.486. The Hall–Kier alpha value is -3.42. The number of ether oxygens (including phenoxy) is 2. The van der Waals surface area contributed by atoms with Crippen LogP contribution in [-0.2, 0) is 30.2 Å². The molecule has 0 aliphatic heterocycles. The fraction of sp³-hybridized carbons (Fsp3) is 0.458. The molecule has 1 aromatic carbocycles. The molecule has 0 unspecified atom stereocenters. The molecule has 0 radical (unpaired) electrons. The summed E-state index contributed by atoms with van der Waals surface area (Å²) in [5.74, 6) is 0.881. The minimum absolute atomic E-state index is 0.0955. The van der Waals surface area contributed by atoms with Crippen LogP contribution in [0.5, 0.6) is 11.5 Å². The molecule has 0 spiro atoms. The van der Waals surface area contributed by atoms with Crippen molar-refractivity contribution in [1.29, 1.82) is 0 Å². The fourth-order valence-electron chi connectivity index (χ4n) is 4.04. The molecule has 202 valence electrons. The first-order valence-corrected chi connectivity index (χ1v) is 13.4. The van der Waals surface area contributed by atoms with E-state index in [0.29, 0.717) is 37.5 Å². The SMILES string of the molecule is CCCn1c(=O)c2c(nc(C=Cc3cc(OC)c(OC)cc3S(=O)(=O)NCCO)n2C)n(CCC)c1=O. The van der Waals surface area contributed by atoms with E-state index < -0.39 is 21.3 Å². The zero-order valence-electron chi connectivity index (χ0n) is 21.6. The van der Waals surface area contributed by atoms with E-state index in [1.807, 2.05) is 13.8 Å². The average Bonchev–Trinajstić information content (AvgIpc) is 3.21. The number of hydrogen-bond acceptors (Lipinski definition) is 8. The Labute approximate surface area is 214 Å². The van der Waals surface area contributed by atoms with Gasteiger partial charge in [-0.1, -0.05) is 13.8 Å². The standard InChI is InChI=1S/C24H33N5O7S/c1-6-11-28-22-21(23(31)29(12-7-2)24(28)32)27(3)20(26-22)9-8-16-14-17(35-4)18(36-5)15-19(16)37(33,34)25-10-13-30/h8-9,14-15,25,30H,6-7,10-13H2,1-5H3. The summed E-state index contributed by atoms with van der Waals surface area (Å²) >= 11 is 0. The average molecular weight is 536 g/mol. The van der Waals surface area contributed by atoms with Gasteiger partial charge in [0.05, 0.1) is 25.7 Å². The number of fused-ring (bicyclic) bond motifs is 1. The number of aliphatic hydroxyl groups excluding tert-OH is 1. The van der Waals surface area contributed by atoms with Crippen LogP contribution in [0.3, 0.4) is 0 Å². The Bertz CT molecular complexity index is 1530. The van der Waals surface area contributed by atoms with Crippen LogP contribution in [-0.4, -0.2) is 59.6 Å². The highest BCUT2D eigenvalue weighted by Gasteiger charge is 2.22. The van der Waals surface area contributed by atoms with Crippen molar-refractivity contribution in [2.24, 2.45) is 7.05 Å². The molecule has 0 amide bonds. The summed E-state index contributed by atoms with van der Waals surface area (Å²) in [6, 6.07) is 2.84. The van der Waals surface area contributed by atoms with Gasteiger partial charge in [0.1, 0.15) is 5.82 Å². The highest BCUT2D eigenvalue weighted by molar-refractivity contribution is 7.89. The van der Waals surface area contributed by atoms with Crippen LogP contribution in [0.25, 0.3) is 23.3 Å². The number of nitrogens with zero attached hydrogens (tertiary/aromatic N) is 4. The Balaban J connectivity index is 2.24. The maximum atomic E-state index is 13.2. The van der Waals surface area contributed by atoms with Crippen molar-refractivity contribution in [3.63, 3.8) is 0 Å². The molecule has 0 saturated heterocycles. The van der Waals surface area contributed by atoms with Crippen LogP contribution >= 0.6 is 0 Å². The second-order valence-corrected chi connectivity index (χ2v) is 10.0. The molecule has 12 nitrogen and oxygen atoms in total. The number of sulfonamides is 1. The summed E-state index contributed by atoms with van der Waals surface area (Å²) in [4.78, 5) is 30.6. The number of nitrogens with one attached hydrogen (secondary N) is 1. The minimum atomic E-state index is -4.01. The van der Waals surface area contributed by atoms with Gasteiger partial charge in [-0.05, 0) is 36.6 Å². The zero-order valence-corrected chi connectivity index (χ0v) is 22.5. The molecule has 37 heavy (non-hydrogen) atoms. The third-order valence-corrected chi connectivity index (χ3v) is 7.31. The highest BCUT2D eigenvalue weighted by atomic mass is 32.2. The van der Waals surface area contributed by atoms with Crippen molar-refractivity contribution in [3.05, 3.63) is 44.4 Å². The second kappa shape index (κ2) is 11.8. The van der Waals surface area contributed by atoms with Crippen LogP contribution in [0.15, 0.2) is 26.6 Å². The molecular formula is C24H33N5O7S. The molecule has 2 aromatic heterocycles. The first kappa shape index (κ1) is 28.2. The Morgan fingerprint density at radius 2 is 1.65 bits per heavy atom. The normalized spacial score (nSPS) is 12.1. The van der Waals surface area contributed by atoms with Gasteiger partial charge in [0.2, 0.25) is 10.0 Å². The first-order valence-electron chi connectivity index (χ1n) is 11.9. The maximum Gasteiger partial charge on any atom is 0.332 e. The van der Waals surface area contributed by atoms with Crippen molar-refractivity contribution >= 4 is 33.3 Å². The summed E-state index contributed by atoms with van der Waals surface area (Å²) in [5, 5.41) is 9.09. The van der Waals surface area contributed by atoms with Crippen LogP contribution in [0.4, 0.5) is 0 Å². The first-order chi connectivity index (χ1) is 17.6. The number of hydrogen-bond donors (Lipinski definition) is 2. The second-order valence-electron chi connectivity index (χ2n) is 8.29. The van der Waals surface area contributed by atoms with Crippen molar-refractivity contribution in [1.82, 2.24) is 23.4 Å². The van der Waals surface area contributed by atoms with E-state index in [1.54, 1.807) is 17.7 Å². The Kier molecular flexibility index (Phi) is 8.94. The van der Waals surface area contributed by atoms with Gasteiger partial charge in [-0.15, -0.1) is 0 Å². The number of methoxy groups -OCH3 is 2. The third-order valence-electron chi connectivity index (χ3n) is 5.79. The van der Waals surface area contributed by atoms with E-state index in [9.17, 15) is 18.0 Å². The molecule has 0 fully saturated rings. The van der Waals surface area contributed by atoms with Gasteiger partial charge < -0.3 is 19.1 Å². The predicted octanol–water partition coefficient (Wildman–Crippen LogP) is 1.17. The third kappa shape index (κ3) is 5.48. The lowest BCUT2D eigenvalue weighted by molar-refractivity contribution is 0.301. The molecule has 2 N–H and O–H groups in total. The Morgan fingerprint density at radius 1 is 1.03 bits per heavy atom. The molecular weight excluding hydrogens is 502 g/mol. The Morgan fingerprint density at radius 3 is 2.24 bits per heavy atom. The molecule has 0 aliphatic carbocycles. The van der Waals surface area contributed by atoms with Crippen molar-refractivity contribution < 1.29 is 23.0 Å². The molecule has 3 aromatic rings. The van der Waals surface area contributed by atoms with E-state index in [0.717, 1.165) is 0 Å². The van der Waals surface area contributed by atoms with Crippen LogP contribution < -0.4 is 25.4 Å². The lowest BCUT2D eigenvalue weighted by Gasteiger charge is -2.14. The fourth-order valence-corrected chi connectivity index (χ4v) is 5.25. The number of benzene rings is 1. The van der Waals surface area contributed by atoms with Crippen molar-refractivity contribution in [3.8, 4) is 11.5 Å². The number of rotatable bonds is 12. The van der Waals surface area contributed by atoms with Crippen LogP contribution in [0, 0.1) is 0 Å². The number of imidazole rings is 1. The van der Waals surface area contributed by atoms with Gasteiger partial charge >= 0.3 is 5.69 Å². The monoisotopic (exact) mass is 535 g/mol. The van der Waals surface area contributed by atoms with Gasteiger partial charge in [0.25, 0.3) is 5.56 Å². The van der Waals surface area contributed by atoms with Gasteiger partial charge in [-0.25, -0.2) is 22.9 Å². The summed E-state index contributed by atoms with van der Waals surface area (Å²) in [5.41, 5.74) is -0.00368. The van der Waals surface area contributed by atoms with Gasteiger partial charge in [0.15, 0.2) is 22.7 Å². The smallest absolute Gasteiger partial charge is 0.332 e. The molecule has 0 aliphatic rings. The van der Waals surface area contributed by atoms with E-state index in [4.69, 9.17) is 14.6 Å². The topological polar surface area (TPSA) is 147 Å². The van der Waals surface area contributed by atoms with Crippen LogP contribution in [0.2, 0.25) is 0 Å². The van der Waals surface area contributed by atoms with E-state index >= 15 is 0 Å². The maximum absolute atomic E-state index is 13.2. The summed E-state index contributed by atoms with van der Waals surface area (Å²) in [6.45, 7) is 3.98. The lowest BCUT2D eigenvalue weighted by atomic mass is 10.2. The van der Waals surface area contributed by atoms with Gasteiger partial charge in [0, 0.05) is 32.7 Å². The molecule has 0 saturated carbocycles. The summed E-state index contributed by atoms with van der Waals surface area (Å²) in [6.07, 6.45) is 4.40. The quantitative estimate of drug-likeness (QED) is 0.351. The molecule has 0 bridgehead atoms. The number of aliphatic hydroxyl groups is 1. The van der Waals surface area contributed by atoms with Crippen LogP contribution in [0.1, 0.15) is 38.1 Å². The van der Waals surface area contributed by atoms with E-state index in [-0.39, 0.29) is 40.5 Å². The molecule has 3 rings (SSSR count). The zero-order chi connectivity index (χ0) is 27.3. The van der Waals surface area contributed by atoms with Gasteiger partial charge in [-0.2, -0.15) is 0 Å². The predicted molar refractivity (Wildman–Crippen MR) is 141 cm³/mol. The van der Waals surface area contributed by atoms with E-state index in [2.05, 4.69) is 9.71 Å². The highest BCUT2D eigenvalue weighted by Crippen LogP contribution is 2.33. The molecule has 0 atom stereocenters. The minimum Gasteiger partial charge on any atom is -0.493 e. The molecule has 13 heteroatoms. The largest absolute Gasteiger partial charge is 0.493 e.